The van der Waals surface area contributed by atoms with Gasteiger partial charge in [-0.1, -0.05) is 18.2 Å². The molecular weight excluding hydrogens is 380 g/mol. The van der Waals surface area contributed by atoms with Crippen LogP contribution in [0.15, 0.2) is 30.5 Å². The van der Waals surface area contributed by atoms with Crippen molar-refractivity contribution >= 4 is 11.6 Å². The molecule has 0 aliphatic heterocycles. The number of benzene rings is 1. The van der Waals surface area contributed by atoms with Gasteiger partial charge in [0, 0.05) is 29.9 Å². The Morgan fingerprint density at radius 2 is 2.10 bits per heavy atom. The lowest BCUT2D eigenvalue weighted by Gasteiger charge is -2.13. The molecule has 0 bridgehead atoms. The second-order valence-corrected chi connectivity index (χ2v) is 6.43. The third kappa shape index (κ3) is 4.48. The summed E-state index contributed by atoms with van der Waals surface area (Å²) < 4.78 is 31.0. The highest BCUT2D eigenvalue weighted by Crippen LogP contribution is 2.21. The van der Waals surface area contributed by atoms with E-state index >= 15 is 0 Å². The molecule has 0 spiro atoms. The van der Waals surface area contributed by atoms with Crippen molar-refractivity contribution in [3.8, 4) is 11.8 Å². The number of para-hydroxylation sites is 1. The number of nitrogens with zero attached hydrogens (tertiary/aromatic N) is 4. The van der Waals surface area contributed by atoms with Crippen LogP contribution in [0.2, 0.25) is 0 Å². The van der Waals surface area contributed by atoms with Crippen molar-refractivity contribution < 1.29 is 18.3 Å². The fourth-order valence-corrected chi connectivity index (χ4v) is 3.13. The van der Waals surface area contributed by atoms with E-state index < -0.39 is 6.61 Å². The predicted octanol–water partition coefficient (Wildman–Crippen LogP) is 3.07. The summed E-state index contributed by atoms with van der Waals surface area (Å²) in [7, 11) is 0. The number of hydrogen-bond acceptors (Lipinski definition) is 5. The molecule has 2 heterocycles. The lowest BCUT2D eigenvalue weighted by atomic mass is 10.1. The van der Waals surface area contributed by atoms with Gasteiger partial charge in [0.05, 0.1) is 6.20 Å². The van der Waals surface area contributed by atoms with Crippen LogP contribution in [0, 0.1) is 25.2 Å². The number of aromatic nitrogens is 3. The average Bonchev–Trinajstić information content (AvgIpc) is 3.09. The van der Waals surface area contributed by atoms with Gasteiger partial charge in [0.1, 0.15) is 17.4 Å². The first-order chi connectivity index (χ1) is 13.9. The lowest BCUT2D eigenvalue weighted by molar-refractivity contribution is -0.121. The number of carbonyl (C=O) groups is 1. The highest BCUT2D eigenvalue weighted by Gasteiger charge is 2.15. The van der Waals surface area contributed by atoms with Crippen molar-refractivity contribution in [2.45, 2.75) is 39.8 Å². The number of carbonyl (C=O) groups excluding carboxylic acids is 1. The third-order valence-corrected chi connectivity index (χ3v) is 4.60. The zero-order valence-electron chi connectivity index (χ0n) is 15.9. The van der Waals surface area contributed by atoms with Gasteiger partial charge in [-0.25, -0.2) is 9.50 Å². The average molecular weight is 399 g/mol. The summed E-state index contributed by atoms with van der Waals surface area (Å²) in [5.41, 5.74) is 3.78. The minimum atomic E-state index is -2.93. The Bertz CT molecular complexity index is 1090. The molecule has 9 heteroatoms. The summed E-state index contributed by atoms with van der Waals surface area (Å²) >= 11 is 0. The Morgan fingerprint density at radius 1 is 1.34 bits per heavy atom. The van der Waals surface area contributed by atoms with Crippen molar-refractivity contribution in [3.05, 3.63) is 58.5 Å². The molecule has 0 saturated carbocycles. The van der Waals surface area contributed by atoms with Gasteiger partial charge in [-0.15, -0.1) is 0 Å². The Hall–Kier alpha value is -3.54. The molecule has 1 aromatic carbocycles. The minimum absolute atomic E-state index is 0.0381. The molecule has 150 valence electrons. The summed E-state index contributed by atoms with van der Waals surface area (Å²) in [5.74, 6) is -0.190. The van der Waals surface area contributed by atoms with Gasteiger partial charge in [-0.2, -0.15) is 19.1 Å². The fourth-order valence-electron chi connectivity index (χ4n) is 3.13. The van der Waals surface area contributed by atoms with E-state index in [9.17, 15) is 13.6 Å². The fraction of sp³-hybridized carbons (Fsp3) is 0.300. The molecule has 0 fully saturated rings. The van der Waals surface area contributed by atoms with Crippen molar-refractivity contribution in [2.75, 3.05) is 0 Å². The quantitative estimate of drug-likeness (QED) is 0.659. The van der Waals surface area contributed by atoms with Gasteiger partial charge in [0.25, 0.3) is 0 Å². The number of nitriles is 1. The molecule has 3 rings (SSSR count). The molecule has 0 unspecified atom stereocenters. The summed E-state index contributed by atoms with van der Waals surface area (Å²) in [6.07, 6.45) is 2.09. The number of alkyl halides is 2. The van der Waals surface area contributed by atoms with Gasteiger partial charge in [-0.3, -0.25) is 4.79 Å². The van der Waals surface area contributed by atoms with E-state index in [2.05, 4.69) is 26.2 Å². The summed E-state index contributed by atoms with van der Waals surface area (Å²) in [6, 6.07) is 8.38. The van der Waals surface area contributed by atoms with Crippen molar-refractivity contribution in [1.29, 1.82) is 5.26 Å². The molecule has 0 aliphatic carbocycles. The molecule has 7 nitrogen and oxygen atoms in total. The van der Waals surface area contributed by atoms with Crippen LogP contribution in [-0.2, 0) is 17.8 Å². The first-order valence-electron chi connectivity index (χ1n) is 8.94. The maximum Gasteiger partial charge on any atom is 0.387 e. The summed E-state index contributed by atoms with van der Waals surface area (Å²) in [4.78, 5) is 16.7. The van der Waals surface area contributed by atoms with Gasteiger partial charge in [0.2, 0.25) is 5.91 Å². The Morgan fingerprint density at radius 3 is 2.83 bits per heavy atom. The highest BCUT2D eigenvalue weighted by atomic mass is 19.3. The number of aryl methyl sites for hydroxylation is 2. The normalized spacial score (nSPS) is 10.9. The Labute approximate surface area is 165 Å². The van der Waals surface area contributed by atoms with Crippen molar-refractivity contribution in [2.24, 2.45) is 0 Å². The monoisotopic (exact) mass is 399 g/mol. The molecule has 2 aromatic heterocycles. The van der Waals surface area contributed by atoms with E-state index in [1.54, 1.807) is 22.7 Å². The van der Waals surface area contributed by atoms with Crippen molar-refractivity contribution in [3.63, 3.8) is 0 Å². The molecule has 0 atom stereocenters. The van der Waals surface area contributed by atoms with Crippen LogP contribution in [0.1, 0.15) is 34.5 Å². The number of nitrogens with one attached hydrogen (secondary N) is 1. The molecular formula is C20H19F2N5O2. The minimum Gasteiger partial charge on any atom is -0.434 e. The highest BCUT2D eigenvalue weighted by molar-refractivity contribution is 5.76. The van der Waals surface area contributed by atoms with Crippen LogP contribution in [0.4, 0.5) is 8.78 Å². The van der Waals surface area contributed by atoms with Crippen LogP contribution in [0.25, 0.3) is 5.65 Å². The Kier molecular flexibility index (Phi) is 6.02. The largest absolute Gasteiger partial charge is 0.434 e. The molecule has 3 aromatic rings. The predicted molar refractivity (Wildman–Crippen MR) is 100 cm³/mol. The first-order valence-corrected chi connectivity index (χ1v) is 8.94. The maximum absolute atomic E-state index is 12.5. The lowest BCUT2D eigenvalue weighted by Crippen LogP contribution is -2.24. The smallest absolute Gasteiger partial charge is 0.387 e. The van der Waals surface area contributed by atoms with Crippen LogP contribution in [0.5, 0.6) is 5.75 Å². The summed E-state index contributed by atoms with van der Waals surface area (Å²) in [5, 5.41) is 16.0. The SMILES string of the molecule is Cc1nc2c(C#N)cnn2c(C)c1CCC(=O)NCc1ccccc1OC(F)F. The number of rotatable bonds is 7. The van der Waals surface area contributed by atoms with E-state index in [1.165, 1.54) is 12.3 Å². The van der Waals surface area contributed by atoms with Gasteiger partial charge >= 0.3 is 6.61 Å². The maximum atomic E-state index is 12.5. The number of ether oxygens (including phenoxy) is 1. The van der Waals surface area contributed by atoms with E-state index in [1.807, 2.05) is 13.8 Å². The number of fused-ring (bicyclic) bond motifs is 1. The van der Waals surface area contributed by atoms with Gasteiger partial charge in [0.15, 0.2) is 5.65 Å². The van der Waals surface area contributed by atoms with E-state index in [4.69, 9.17) is 5.26 Å². The van der Waals surface area contributed by atoms with Gasteiger partial charge in [-0.05, 0) is 31.9 Å². The molecule has 0 radical (unpaired) electrons. The van der Waals surface area contributed by atoms with E-state index in [0.29, 0.717) is 23.2 Å². The van der Waals surface area contributed by atoms with Crippen molar-refractivity contribution in [1.82, 2.24) is 19.9 Å². The van der Waals surface area contributed by atoms with Gasteiger partial charge < -0.3 is 10.1 Å². The van der Waals surface area contributed by atoms with Crippen LogP contribution in [0.3, 0.4) is 0 Å². The number of amides is 1. The number of halogens is 2. The van der Waals surface area contributed by atoms with E-state index in [-0.39, 0.29) is 24.6 Å². The third-order valence-electron chi connectivity index (χ3n) is 4.60. The summed E-state index contributed by atoms with van der Waals surface area (Å²) in [6.45, 7) is 0.846. The molecule has 29 heavy (non-hydrogen) atoms. The van der Waals surface area contributed by atoms with Crippen LogP contribution < -0.4 is 10.1 Å². The molecule has 0 aliphatic rings. The first kappa shape index (κ1) is 20.2. The zero-order valence-corrected chi connectivity index (χ0v) is 15.9. The van der Waals surface area contributed by atoms with Crippen LogP contribution >= 0.6 is 0 Å². The zero-order chi connectivity index (χ0) is 21.0. The standard InChI is InChI=1S/C20H19F2N5O2/c1-12-16(13(2)27-19(26-12)15(9-23)11-25-27)7-8-18(28)24-10-14-5-3-4-6-17(14)29-20(21)22/h3-6,11,20H,7-8,10H2,1-2H3,(H,24,28). The second-order valence-electron chi connectivity index (χ2n) is 6.43. The Balaban J connectivity index is 1.65. The number of hydrogen-bond donors (Lipinski definition) is 1. The molecule has 1 amide bonds. The van der Waals surface area contributed by atoms with E-state index in [0.717, 1.165) is 17.0 Å². The topological polar surface area (TPSA) is 92.3 Å². The van der Waals surface area contributed by atoms with Crippen LogP contribution in [-0.4, -0.2) is 27.1 Å². The molecule has 1 N–H and O–H groups in total. The second kappa shape index (κ2) is 8.65. The molecule has 0 saturated heterocycles.